The van der Waals surface area contributed by atoms with Gasteiger partial charge in [-0.15, -0.1) is 0 Å². The van der Waals surface area contributed by atoms with Crippen LogP contribution in [0.15, 0.2) is 11.1 Å². The molecule has 1 atom stereocenters. The van der Waals surface area contributed by atoms with Crippen LogP contribution in [0.4, 0.5) is 5.95 Å². The van der Waals surface area contributed by atoms with Crippen LogP contribution in [0.1, 0.15) is 0 Å². The summed E-state index contributed by atoms with van der Waals surface area (Å²) in [6.45, 7) is -0.367. The van der Waals surface area contributed by atoms with Crippen molar-refractivity contribution in [3.8, 4) is 0 Å². The molecule has 2 aromatic rings. The number of fused-ring (bicyclic) bond motifs is 1. The summed E-state index contributed by atoms with van der Waals surface area (Å²) in [5.74, 6) is -0.00959. The van der Waals surface area contributed by atoms with Gasteiger partial charge in [0.15, 0.2) is 11.2 Å². The van der Waals surface area contributed by atoms with Gasteiger partial charge in [0, 0.05) is 0 Å². The SMILES string of the molecule is Nc1nc2c(ncn2COCC(O)CO)c(=O)[nH]1.O. The monoisotopic (exact) mass is 273 g/mol. The topological polar surface area (TPSA) is 171 Å². The number of hydrogen-bond donors (Lipinski definition) is 4. The van der Waals surface area contributed by atoms with Crippen molar-refractivity contribution in [1.29, 1.82) is 0 Å². The summed E-state index contributed by atoms with van der Waals surface area (Å²) in [6.07, 6.45) is 0.443. The molecule has 2 heterocycles. The number of imidazole rings is 1. The zero-order chi connectivity index (χ0) is 13.1. The number of nitrogens with two attached hydrogens (primary N) is 1. The molecule has 0 amide bonds. The van der Waals surface area contributed by atoms with Gasteiger partial charge in [0.2, 0.25) is 5.95 Å². The first-order valence-corrected chi connectivity index (χ1v) is 5.19. The van der Waals surface area contributed by atoms with Gasteiger partial charge in [-0.05, 0) is 0 Å². The second-order valence-electron chi connectivity index (χ2n) is 3.67. The highest BCUT2D eigenvalue weighted by Gasteiger charge is 2.09. The molecule has 10 nitrogen and oxygen atoms in total. The highest BCUT2D eigenvalue weighted by Crippen LogP contribution is 2.06. The molecule has 10 heteroatoms. The molecule has 0 radical (unpaired) electrons. The number of aromatic amines is 1. The molecule has 2 rings (SSSR count). The van der Waals surface area contributed by atoms with Crippen molar-refractivity contribution in [2.75, 3.05) is 18.9 Å². The van der Waals surface area contributed by atoms with Crippen LogP contribution in [0.3, 0.4) is 0 Å². The van der Waals surface area contributed by atoms with Crippen LogP contribution in [-0.2, 0) is 11.5 Å². The number of nitrogens with zero attached hydrogens (tertiary/aromatic N) is 3. The van der Waals surface area contributed by atoms with E-state index in [2.05, 4.69) is 15.0 Å². The van der Waals surface area contributed by atoms with E-state index in [0.29, 0.717) is 5.65 Å². The maximum absolute atomic E-state index is 11.5. The Morgan fingerprint density at radius 3 is 3.00 bits per heavy atom. The molecule has 106 valence electrons. The fourth-order valence-corrected chi connectivity index (χ4v) is 1.41. The van der Waals surface area contributed by atoms with Gasteiger partial charge >= 0.3 is 0 Å². The second-order valence-corrected chi connectivity index (χ2v) is 3.67. The standard InChI is InChI=1S/C9H13N5O4.H2O/c10-9-12-7-6(8(17)13-9)11-3-14(7)4-18-2-5(16)1-15;/h3,5,15-16H,1-2,4H2,(H3,10,12,13,17);1H2. The Morgan fingerprint density at radius 1 is 1.58 bits per heavy atom. The van der Waals surface area contributed by atoms with Crippen LogP contribution in [0.2, 0.25) is 0 Å². The normalized spacial score (nSPS) is 12.3. The molecule has 0 aliphatic rings. The first-order valence-electron chi connectivity index (χ1n) is 5.19. The Balaban J connectivity index is 0.00000180. The first-order chi connectivity index (χ1) is 8.61. The van der Waals surface area contributed by atoms with Crippen LogP contribution in [-0.4, -0.2) is 54.5 Å². The van der Waals surface area contributed by atoms with Crippen LogP contribution in [0.25, 0.3) is 11.2 Å². The van der Waals surface area contributed by atoms with Crippen molar-refractivity contribution >= 4 is 17.1 Å². The Labute approximate surface area is 106 Å². The molecule has 0 aliphatic carbocycles. The number of ether oxygens (including phenoxy) is 1. The Bertz CT molecular complexity index is 594. The lowest BCUT2D eigenvalue weighted by Gasteiger charge is -2.08. The third kappa shape index (κ3) is 3.26. The third-order valence-electron chi connectivity index (χ3n) is 2.24. The smallest absolute Gasteiger partial charge is 0.280 e. The van der Waals surface area contributed by atoms with E-state index >= 15 is 0 Å². The largest absolute Gasteiger partial charge is 0.412 e. The summed E-state index contributed by atoms with van der Waals surface area (Å²) in [5, 5.41) is 17.7. The van der Waals surface area contributed by atoms with Crippen molar-refractivity contribution in [3.05, 3.63) is 16.7 Å². The molecule has 0 bridgehead atoms. The molecular weight excluding hydrogens is 258 g/mol. The minimum absolute atomic E-state index is 0. The number of rotatable bonds is 5. The highest BCUT2D eigenvalue weighted by atomic mass is 16.5. The van der Waals surface area contributed by atoms with Crippen LogP contribution in [0.5, 0.6) is 0 Å². The average Bonchev–Trinajstić information content (AvgIpc) is 2.72. The predicted molar refractivity (Wildman–Crippen MR) is 65.2 cm³/mol. The summed E-state index contributed by atoms with van der Waals surface area (Å²) >= 11 is 0. The summed E-state index contributed by atoms with van der Waals surface area (Å²) < 4.78 is 6.62. The molecular formula is C9H15N5O5. The van der Waals surface area contributed by atoms with Gasteiger partial charge in [0.25, 0.3) is 5.56 Å². The molecule has 0 fully saturated rings. The van der Waals surface area contributed by atoms with E-state index in [-0.39, 0.29) is 36.9 Å². The molecule has 2 aromatic heterocycles. The summed E-state index contributed by atoms with van der Waals surface area (Å²) in [4.78, 5) is 21.6. The maximum Gasteiger partial charge on any atom is 0.280 e. The minimum atomic E-state index is -0.943. The fourth-order valence-electron chi connectivity index (χ4n) is 1.41. The van der Waals surface area contributed by atoms with Gasteiger partial charge in [0.05, 0.1) is 19.5 Å². The number of aliphatic hydroxyl groups is 2. The van der Waals surface area contributed by atoms with Gasteiger partial charge < -0.3 is 26.2 Å². The van der Waals surface area contributed by atoms with Gasteiger partial charge in [-0.3, -0.25) is 14.3 Å². The Hall–Kier alpha value is -2.01. The van der Waals surface area contributed by atoms with Gasteiger partial charge in [-0.25, -0.2) is 4.98 Å². The second kappa shape index (κ2) is 6.24. The van der Waals surface area contributed by atoms with Crippen molar-refractivity contribution in [1.82, 2.24) is 19.5 Å². The van der Waals surface area contributed by atoms with Gasteiger partial charge in [-0.1, -0.05) is 0 Å². The quantitative estimate of drug-likeness (QED) is 0.455. The molecule has 0 saturated carbocycles. The number of nitrogen functional groups attached to an aromatic ring is 1. The number of nitrogens with one attached hydrogen (secondary N) is 1. The van der Waals surface area contributed by atoms with E-state index in [9.17, 15) is 4.79 Å². The van der Waals surface area contributed by atoms with Crippen LogP contribution in [0, 0.1) is 0 Å². The van der Waals surface area contributed by atoms with Gasteiger partial charge in [-0.2, -0.15) is 4.98 Å². The maximum atomic E-state index is 11.5. The zero-order valence-corrected chi connectivity index (χ0v) is 9.91. The summed E-state index contributed by atoms with van der Waals surface area (Å²) in [6, 6.07) is 0. The Kier molecular flexibility index (Phi) is 4.94. The molecule has 0 spiro atoms. The van der Waals surface area contributed by atoms with Crippen molar-refractivity contribution < 1.29 is 20.4 Å². The number of H-pyrrole nitrogens is 1. The van der Waals surface area contributed by atoms with E-state index < -0.39 is 11.7 Å². The first kappa shape index (κ1) is 15.0. The lowest BCUT2D eigenvalue weighted by atomic mass is 10.4. The molecule has 19 heavy (non-hydrogen) atoms. The fraction of sp³-hybridized carbons (Fsp3) is 0.444. The highest BCUT2D eigenvalue weighted by molar-refractivity contribution is 5.70. The van der Waals surface area contributed by atoms with E-state index in [1.165, 1.54) is 10.9 Å². The zero-order valence-electron chi connectivity index (χ0n) is 9.91. The van der Waals surface area contributed by atoms with E-state index in [0.717, 1.165) is 0 Å². The minimum Gasteiger partial charge on any atom is -0.412 e. The molecule has 1 unspecified atom stereocenters. The lowest BCUT2D eigenvalue weighted by Crippen LogP contribution is -2.20. The lowest BCUT2D eigenvalue weighted by molar-refractivity contribution is -0.0163. The molecule has 0 aromatic carbocycles. The average molecular weight is 273 g/mol. The number of aromatic nitrogens is 4. The predicted octanol–water partition coefficient (Wildman–Crippen LogP) is -2.80. The molecule has 0 saturated heterocycles. The van der Waals surface area contributed by atoms with Gasteiger partial charge in [0.1, 0.15) is 12.8 Å². The number of hydrogen-bond acceptors (Lipinski definition) is 7. The van der Waals surface area contributed by atoms with E-state index in [4.69, 9.17) is 20.7 Å². The summed E-state index contributed by atoms with van der Waals surface area (Å²) in [5.41, 5.74) is 5.47. The third-order valence-corrected chi connectivity index (χ3v) is 2.24. The number of anilines is 1. The van der Waals surface area contributed by atoms with Crippen molar-refractivity contribution in [3.63, 3.8) is 0 Å². The van der Waals surface area contributed by atoms with Crippen LogP contribution >= 0.6 is 0 Å². The number of aliphatic hydroxyl groups excluding tert-OH is 2. The van der Waals surface area contributed by atoms with E-state index in [1.54, 1.807) is 0 Å². The molecule has 0 aliphatic heterocycles. The Morgan fingerprint density at radius 2 is 2.32 bits per heavy atom. The molecule has 7 N–H and O–H groups in total. The van der Waals surface area contributed by atoms with Crippen LogP contribution < -0.4 is 11.3 Å². The van der Waals surface area contributed by atoms with Crippen molar-refractivity contribution in [2.45, 2.75) is 12.8 Å². The van der Waals surface area contributed by atoms with E-state index in [1.807, 2.05) is 0 Å². The summed E-state index contributed by atoms with van der Waals surface area (Å²) in [7, 11) is 0. The van der Waals surface area contributed by atoms with Crippen molar-refractivity contribution in [2.24, 2.45) is 0 Å².